The highest BCUT2D eigenvalue weighted by Crippen LogP contribution is 2.13. The Morgan fingerprint density at radius 2 is 1.50 bits per heavy atom. The molecule has 104 valence electrons. The van der Waals surface area contributed by atoms with Crippen LogP contribution in [0.3, 0.4) is 0 Å². The maximum absolute atomic E-state index is 12.3. The first-order valence-electron chi connectivity index (χ1n) is 6.57. The highest BCUT2D eigenvalue weighted by molar-refractivity contribution is 7.91. The van der Waals surface area contributed by atoms with E-state index in [1.165, 1.54) is 0 Å². The summed E-state index contributed by atoms with van der Waals surface area (Å²) in [5.74, 6) is 0.0775. The quantitative estimate of drug-likeness (QED) is 0.840. The summed E-state index contributed by atoms with van der Waals surface area (Å²) < 4.78 is 24.5. The summed E-state index contributed by atoms with van der Waals surface area (Å²) in [5, 5.41) is -0.497. The second kappa shape index (κ2) is 6.53. The van der Waals surface area contributed by atoms with Gasteiger partial charge in [0.05, 0.1) is 11.0 Å². The monoisotopic (exact) mass is 286 g/mol. The van der Waals surface area contributed by atoms with Crippen LogP contribution in [0.2, 0.25) is 0 Å². The fourth-order valence-electron chi connectivity index (χ4n) is 1.87. The van der Waals surface area contributed by atoms with E-state index in [0.29, 0.717) is 0 Å². The van der Waals surface area contributed by atoms with E-state index in [-0.39, 0.29) is 5.75 Å². The van der Waals surface area contributed by atoms with E-state index < -0.39 is 15.1 Å². The van der Waals surface area contributed by atoms with E-state index in [1.807, 2.05) is 66.7 Å². The summed E-state index contributed by atoms with van der Waals surface area (Å²) in [5.41, 5.74) is 1.83. The number of benzene rings is 2. The first-order valence-corrected chi connectivity index (χ1v) is 8.28. The van der Waals surface area contributed by atoms with Crippen LogP contribution in [0, 0.1) is 0 Å². The summed E-state index contributed by atoms with van der Waals surface area (Å²) in [6.45, 7) is 1.72. The van der Waals surface area contributed by atoms with E-state index in [2.05, 4.69) is 0 Å². The largest absolute Gasteiger partial charge is 0.228 e. The Balaban J connectivity index is 2.08. The lowest BCUT2D eigenvalue weighted by Crippen LogP contribution is -2.17. The Labute approximate surface area is 120 Å². The van der Waals surface area contributed by atoms with Crippen molar-refractivity contribution >= 4 is 15.9 Å². The summed E-state index contributed by atoms with van der Waals surface area (Å²) in [4.78, 5) is 0. The minimum absolute atomic E-state index is 0.0775. The van der Waals surface area contributed by atoms with Crippen molar-refractivity contribution in [1.29, 1.82) is 0 Å². The molecule has 0 unspecified atom stereocenters. The van der Waals surface area contributed by atoms with Crippen LogP contribution in [0.5, 0.6) is 0 Å². The molecule has 3 heteroatoms. The van der Waals surface area contributed by atoms with Gasteiger partial charge in [0, 0.05) is 0 Å². The highest BCUT2D eigenvalue weighted by Gasteiger charge is 2.18. The van der Waals surface area contributed by atoms with Gasteiger partial charge < -0.3 is 0 Å². The van der Waals surface area contributed by atoms with Crippen molar-refractivity contribution in [3.63, 3.8) is 0 Å². The van der Waals surface area contributed by atoms with Crippen molar-refractivity contribution in [1.82, 2.24) is 0 Å². The Hall–Kier alpha value is -1.87. The molecule has 0 saturated heterocycles. The molecule has 2 rings (SSSR count). The zero-order valence-electron chi connectivity index (χ0n) is 11.4. The van der Waals surface area contributed by atoms with Gasteiger partial charge in [-0.1, -0.05) is 72.8 Å². The molecule has 0 aliphatic carbocycles. The van der Waals surface area contributed by atoms with Crippen LogP contribution in [0.1, 0.15) is 18.1 Å². The summed E-state index contributed by atoms with van der Waals surface area (Å²) in [6, 6.07) is 19.0. The maximum atomic E-state index is 12.3. The van der Waals surface area contributed by atoms with Gasteiger partial charge in [0.15, 0.2) is 9.84 Å². The van der Waals surface area contributed by atoms with Gasteiger partial charge in [-0.05, 0) is 18.1 Å². The fourth-order valence-corrected chi connectivity index (χ4v) is 3.11. The van der Waals surface area contributed by atoms with Crippen molar-refractivity contribution in [3.8, 4) is 0 Å². The molecule has 0 fully saturated rings. The van der Waals surface area contributed by atoms with Crippen LogP contribution in [0.25, 0.3) is 6.08 Å². The predicted molar refractivity (Wildman–Crippen MR) is 84.0 cm³/mol. The molecule has 0 N–H and O–H groups in total. The van der Waals surface area contributed by atoms with E-state index in [4.69, 9.17) is 0 Å². The standard InChI is InChI=1S/C17H18O2S/c1-15(12-13-16-8-4-2-5-9-16)20(18,19)14-17-10-6-3-7-11-17/h2-13,15H,14H2,1H3/b13-12+/t15-/m1/s1. The second-order valence-electron chi connectivity index (χ2n) is 4.77. The third-order valence-corrected chi connectivity index (χ3v) is 5.16. The van der Waals surface area contributed by atoms with Gasteiger partial charge in [-0.2, -0.15) is 0 Å². The first-order chi connectivity index (χ1) is 9.58. The second-order valence-corrected chi connectivity index (χ2v) is 7.13. The molecule has 0 saturated carbocycles. The topological polar surface area (TPSA) is 34.1 Å². The molecule has 0 aromatic heterocycles. The molecule has 1 atom stereocenters. The molecule has 2 nitrogen and oxygen atoms in total. The highest BCUT2D eigenvalue weighted by atomic mass is 32.2. The van der Waals surface area contributed by atoms with Crippen molar-refractivity contribution in [3.05, 3.63) is 77.9 Å². The summed E-state index contributed by atoms with van der Waals surface area (Å²) in [7, 11) is -3.17. The molecule has 2 aromatic rings. The minimum Gasteiger partial charge on any atom is -0.228 e. The van der Waals surface area contributed by atoms with Gasteiger partial charge in [-0.25, -0.2) is 8.42 Å². The lowest BCUT2D eigenvalue weighted by Gasteiger charge is -2.09. The average Bonchev–Trinajstić information content (AvgIpc) is 2.46. The number of hydrogen-bond donors (Lipinski definition) is 0. The SMILES string of the molecule is C[C@H](/C=C/c1ccccc1)S(=O)(=O)Cc1ccccc1. The third-order valence-electron chi connectivity index (χ3n) is 3.14. The first kappa shape index (κ1) is 14.5. The van der Waals surface area contributed by atoms with Crippen LogP contribution >= 0.6 is 0 Å². The Morgan fingerprint density at radius 3 is 2.10 bits per heavy atom. The van der Waals surface area contributed by atoms with Crippen molar-refractivity contribution in [2.24, 2.45) is 0 Å². The Bertz CT molecular complexity index is 659. The molecule has 20 heavy (non-hydrogen) atoms. The molecular formula is C17H18O2S. The zero-order chi connectivity index (χ0) is 14.4. The zero-order valence-corrected chi connectivity index (χ0v) is 12.3. The van der Waals surface area contributed by atoms with Crippen LogP contribution in [0.4, 0.5) is 0 Å². The van der Waals surface area contributed by atoms with Crippen LogP contribution in [-0.2, 0) is 15.6 Å². The lowest BCUT2D eigenvalue weighted by molar-refractivity contribution is 0.590. The van der Waals surface area contributed by atoms with Crippen molar-refractivity contribution < 1.29 is 8.42 Å². The van der Waals surface area contributed by atoms with E-state index in [9.17, 15) is 8.42 Å². The molecule has 0 spiro atoms. The number of sulfone groups is 1. The van der Waals surface area contributed by atoms with Gasteiger partial charge >= 0.3 is 0 Å². The van der Waals surface area contributed by atoms with Crippen LogP contribution < -0.4 is 0 Å². The number of rotatable bonds is 5. The Kier molecular flexibility index (Phi) is 4.74. The average molecular weight is 286 g/mol. The normalized spacial score (nSPS) is 13.4. The van der Waals surface area contributed by atoms with Gasteiger partial charge in [-0.3, -0.25) is 0 Å². The molecule has 2 aromatic carbocycles. The lowest BCUT2D eigenvalue weighted by atomic mass is 10.2. The molecular weight excluding hydrogens is 268 g/mol. The van der Waals surface area contributed by atoms with Crippen LogP contribution in [0.15, 0.2) is 66.7 Å². The molecule has 0 heterocycles. The summed E-state index contributed by atoms with van der Waals surface area (Å²) >= 11 is 0. The molecule has 0 radical (unpaired) electrons. The smallest absolute Gasteiger partial charge is 0.160 e. The number of hydrogen-bond acceptors (Lipinski definition) is 2. The van der Waals surface area contributed by atoms with Gasteiger partial charge in [0.2, 0.25) is 0 Å². The predicted octanol–water partition coefficient (Wildman–Crippen LogP) is 3.70. The minimum atomic E-state index is -3.17. The molecule has 0 aliphatic heterocycles. The van der Waals surface area contributed by atoms with E-state index in [0.717, 1.165) is 11.1 Å². The Morgan fingerprint density at radius 1 is 0.950 bits per heavy atom. The third kappa shape index (κ3) is 4.07. The van der Waals surface area contributed by atoms with Gasteiger partial charge in [0.1, 0.15) is 0 Å². The van der Waals surface area contributed by atoms with Gasteiger partial charge in [-0.15, -0.1) is 0 Å². The molecule has 0 aliphatic rings. The molecule has 0 bridgehead atoms. The van der Waals surface area contributed by atoms with E-state index >= 15 is 0 Å². The maximum Gasteiger partial charge on any atom is 0.160 e. The van der Waals surface area contributed by atoms with E-state index in [1.54, 1.807) is 13.0 Å². The molecule has 0 amide bonds. The van der Waals surface area contributed by atoms with Crippen molar-refractivity contribution in [2.45, 2.75) is 17.9 Å². The fraction of sp³-hybridized carbons (Fsp3) is 0.176. The van der Waals surface area contributed by atoms with Crippen LogP contribution in [-0.4, -0.2) is 13.7 Å². The van der Waals surface area contributed by atoms with Crippen molar-refractivity contribution in [2.75, 3.05) is 0 Å². The van der Waals surface area contributed by atoms with Gasteiger partial charge in [0.25, 0.3) is 0 Å². The summed E-state index contributed by atoms with van der Waals surface area (Å²) in [6.07, 6.45) is 3.60.